The van der Waals surface area contributed by atoms with Crippen molar-refractivity contribution in [2.45, 2.75) is 6.42 Å². The van der Waals surface area contributed by atoms with Gasteiger partial charge >= 0.3 is 0 Å². The Morgan fingerprint density at radius 3 is 2.50 bits per heavy atom. The fourth-order valence-corrected chi connectivity index (χ4v) is 2.05. The van der Waals surface area contributed by atoms with Gasteiger partial charge in [0.15, 0.2) is 5.78 Å². The van der Waals surface area contributed by atoms with Crippen LogP contribution in [0.5, 0.6) is 0 Å². The van der Waals surface area contributed by atoms with Gasteiger partial charge < -0.3 is 0 Å². The van der Waals surface area contributed by atoms with Crippen molar-refractivity contribution in [3.8, 4) is 0 Å². The van der Waals surface area contributed by atoms with Crippen LogP contribution in [0.25, 0.3) is 0 Å². The van der Waals surface area contributed by atoms with Gasteiger partial charge in [-0.05, 0) is 29.8 Å². The maximum absolute atomic E-state index is 13.1. The molecule has 2 aromatic rings. The summed E-state index contributed by atoms with van der Waals surface area (Å²) < 4.78 is 13.1. The molecular formula is C14H9Cl2FO. The second-order valence-electron chi connectivity index (χ2n) is 3.82. The van der Waals surface area contributed by atoms with Gasteiger partial charge in [0.05, 0.1) is 5.02 Å². The van der Waals surface area contributed by atoms with Gasteiger partial charge in [-0.25, -0.2) is 4.39 Å². The number of ketones is 1. The number of carbonyl (C=O) groups is 1. The van der Waals surface area contributed by atoms with Crippen molar-refractivity contribution in [1.82, 2.24) is 0 Å². The number of rotatable bonds is 3. The van der Waals surface area contributed by atoms with E-state index >= 15 is 0 Å². The molecular weight excluding hydrogens is 274 g/mol. The summed E-state index contributed by atoms with van der Waals surface area (Å²) in [5, 5.41) is 0.756. The maximum Gasteiger partial charge on any atom is 0.168 e. The van der Waals surface area contributed by atoms with Crippen LogP contribution < -0.4 is 0 Å². The predicted molar refractivity (Wildman–Crippen MR) is 70.9 cm³/mol. The van der Waals surface area contributed by atoms with E-state index in [-0.39, 0.29) is 22.8 Å². The molecule has 0 atom stereocenters. The molecule has 0 N–H and O–H groups in total. The third-order valence-corrected chi connectivity index (χ3v) is 3.24. The Balaban J connectivity index is 2.28. The number of halogens is 3. The lowest BCUT2D eigenvalue weighted by Crippen LogP contribution is -2.05. The van der Waals surface area contributed by atoms with Gasteiger partial charge in [-0.15, -0.1) is 0 Å². The molecule has 4 heteroatoms. The number of hydrogen-bond donors (Lipinski definition) is 0. The maximum atomic E-state index is 13.1. The molecule has 0 aliphatic heterocycles. The minimum absolute atomic E-state index is 0.100. The van der Waals surface area contributed by atoms with Crippen LogP contribution in [0, 0.1) is 5.82 Å². The van der Waals surface area contributed by atoms with Crippen molar-refractivity contribution in [3.63, 3.8) is 0 Å². The van der Waals surface area contributed by atoms with Gasteiger partial charge in [-0.3, -0.25) is 4.79 Å². The molecule has 0 bridgehead atoms. The largest absolute Gasteiger partial charge is 0.294 e. The first-order valence-electron chi connectivity index (χ1n) is 5.29. The predicted octanol–water partition coefficient (Wildman–Crippen LogP) is 4.56. The average Bonchev–Trinajstić information content (AvgIpc) is 2.35. The lowest BCUT2D eigenvalue weighted by atomic mass is 10.0. The molecule has 0 heterocycles. The van der Waals surface area contributed by atoms with E-state index in [1.807, 2.05) is 0 Å². The first-order chi connectivity index (χ1) is 8.58. The second kappa shape index (κ2) is 5.51. The minimum Gasteiger partial charge on any atom is -0.294 e. The highest BCUT2D eigenvalue weighted by Crippen LogP contribution is 2.22. The van der Waals surface area contributed by atoms with E-state index in [1.165, 1.54) is 12.1 Å². The molecule has 0 saturated carbocycles. The first kappa shape index (κ1) is 13.1. The second-order valence-corrected chi connectivity index (χ2v) is 4.63. The molecule has 2 rings (SSSR count). The molecule has 18 heavy (non-hydrogen) atoms. The molecule has 2 aromatic carbocycles. The number of Topliss-reactive ketones (excluding diaryl/α,β-unsaturated/α-hetero) is 1. The summed E-state index contributed by atoms with van der Waals surface area (Å²) in [6.45, 7) is 0. The van der Waals surface area contributed by atoms with Crippen LogP contribution in [-0.4, -0.2) is 5.78 Å². The van der Waals surface area contributed by atoms with Gasteiger partial charge in [0.1, 0.15) is 5.82 Å². The highest BCUT2D eigenvalue weighted by Gasteiger charge is 2.13. The molecule has 0 aliphatic rings. The summed E-state index contributed by atoms with van der Waals surface area (Å²) >= 11 is 11.8. The van der Waals surface area contributed by atoms with Gasteiger partial charge in [0, 0.05) is 17.0 Å². The fourth-order valence-electron chi connectivity index (χ4n) is 1.62. The smallest absolute Gasteiger partial charge is 0.168 e. The van der Waals surface area contributed by atoms with Crippen molar-refractivity contribution in [1.29, 1.82) is 0 Å². The standard InChI is InChI=1S/C14H9Cl2FO/c15-12-4-2-1-3-9(12)7-14(18)11-8-10(17)5-6-13(11)16/h1-6,8H,7H2. The first-order valence-corrected chi connectivity index (χ1v) is 6.05. The zero-order valence-electron chi connectivity index (χ0n) is 9.29. The molecule has 0 saturated heterocycles. The third-order valence-electron chi connectivity index (χ3n) is 2.54. The molecule has 0 radical (unpaired) electrons. The lowest BCUT2D eigenvalue weighted by Gasteiger charge is -2.05. The van der Waals surface area contributed by atoms with E-state index < -0.39 is 5.82 Å². The van der Waals surface area contributed by atoms with Crippen molar-refractivity contribution < 1.29 is 9.18 Å². The van der Waals surface area contributed by atoms with Gasteiger partial charge in [-0.1, -0.05) is 41.4 Å². The van der Waals surface area contributed by atoms with E-state index in [2.05, 4.69) is 0 Å². The quantitative estimate of drug-likeness (QED) is 0.755. The Morgan fingerprint density at radius 2 is 1.78 bits per heavy atom. The summed E-state index contributed by atoms with van der Waals surface area (Å²) in [6, 6.07) is 10.8. The van der Waals surface area contributed by atoms with Crippen LogP contribution in [0.2, 0.25) is 10.0 Å². The zero-order valence-corrected chi connectivity index (χ0v) is 10.8. The SMILES string of the molecule is O=C(Cc1ccccc1Cl)c1cc(F)ccc1Cl. The Hall–Kier alpha value is -1.38. The van der Waals surface area contributed by atoms with E-state index in [0.717, 1.165) is 6.07 Å². The Labute approximate surface area is 114 Å². The lowest BCUT2D eigenvalue weighted by molar-refractivity contribution is 0.0992. The molecule has 0 fully saturated rings. The van der Waals surface area contributed by atoms with E-state index in [9.17, 15) is 9.18 Å². The molecule has 0 spiro atoms. The molecule has 1 nitrogen and oxygen atoms in total. The topological polar surface area (TPSA) is 17.1 Å². The highest BCUT2D eigenvalue weighted by molar-refractivity contribution is 6.34. The van der Waals surface area contributed by atoms with Crippen molar-refractivity contribution >= 4 is 29.0 Å². The minimum atomic E-state index is -0.484. The number of hydrogen-bond acceptors (Lipinski definition) is 1. The zero-order chi connectivity index (χ0) is 13.1. The normalized spacial score (nSPS) is 10.4. The Morgan fingerprint density at radius 1 is 1.06 bits per heavy atom. The molecule has 0 unspecified atom stereocenters. The summed E-state index contributed by atoms with van der Waals surface area (Å²) in [7, 11) is 0. The molecule has 92 valence electrons. The van der Waals surface area contributed by atoms with Crippen molar-refractivity contribution in [3.05, 3.63) is 69.5 Å². The average molecular weight is 283 g/mol. The summed E-state index contributed by atoms with van der Waals surface area (Å²) in [6.07, 6.45) is 0.100. The van der Waals surface area contributed by atoms with Crippen molar-refractivity contribution in [2.75, 3.05) is 0 Å². The Bertz CT molecular complexity index is 596. The van der Waals surface area contributed by atoms with Crippen LogP contribution in [0.4, 0.5) is 4.39 Å². The van der Waals surface area contributed by atoms with Crippen LogP contribution in [-0.2, 0) is 6.42 Å². The number of carbonyl (C=O) groups excluding carboxylic acids is 1. The van der Waals surface area contributed by atoms with E-state index in [1.54, 1.807) is 24.3 Å². The Kier molecular flexibility index (Phi) is 4.00. The van der Waals surface area contributed by atoms with Crippen LogP contribution in [0.15, 0.2) is 42.5 Å². The third kappa shape index (κ3) is 2.89. The van der Waals surface area contributed by atoms with Crippen molar-refractivity contribution in [2.24, 2.45) is 0 Å². The summed E-state index contributed by atoms with van der Waals surface area (Å²) in [5.74, 6) is -0.741. The van der Waals surface area contributed by atoms with Gasteiger partial charge in [0.2, 0.25) is 0 Å². The fraction of sp³-hybridized carbons (Fsp3) is 0.0714. The van der Waals surface area contributed by atoms with Gasteiger partial charge in [-0.2, -0.15) is 0 Å². The van der Waals surface area contributed by atoms with Crippen LogP contribution >= 0.6 is 23.2 Å². The molecule has 0 aliphatic carbocycles. The molecule has 0 aromatic heterocycles. The van der Waals surface area contributed by atoms with Crippen LogP contribution in [0.3, 0.4) is 0 Å². The van der Waals surface area contributed by atoms with E-state index in [4.69, 9.17) is 23.2 Å². The van der Waals surface area contributed by atoms with E-state index in [0.29, 0.717) is 10.6 Å². The monoisotopic (exact) mass is 282 g/mol. The molecule has 0 amide bonds. The summed E-state index contributed by atoms with van der Waals surface area (Å²) in [4.78, 5) is 12.0. The van der Waals surface area contributed by atoms with Gasteiger partial charge in [0.25, 0.3) is 0 Å². The highest BCUT2D eigenvalue weighted by atomic mass is 35.5. The number of benzene rings is 2. The summed E-state index contributed by atoms with van der Waals surface area (Å²) in [5.41, 5.74) is 0.876. The van der Waals surface area contributed by atoms with Crippen LogP contribution in [0.1, 0.15) is 15.9 Å².